The summed E-state index contributed by atoms with van der Waals surface area (Å²) in [6.07, 6.45) is 22.5. The fourth-order valence-corrected chi connectivity index (χ4v) is 7.32. The SMILES string of the molecule is C1=C\CCc2cc3c(o2)C2N4CCCC/C=C\C4CC24CN(CCCC/1)CCC34. The molecule has 5 unspecified atom stereocenters. The van der Waals surface area contributed by atoms with Crippen LogP contribution in [0.3, 0.4) is 0 Å². The quantitative estimate of drug-likeness (QED) is 0.536. The van der Waals surface area contributed by atoms with Crippen LogP contribution in [-0.4, -0.2) is 42.0 Å². The highest BCUT2D eigenvalue weighted by atomic mass is 16.3. The average Bonchev–Trinajstić information content (AvgIpc) is 3.29. The molecule has 1 spiro atoms. The van der Waals surface area contributed by atoms with Crippen molar-refractivity contribution in [1.82, 2.24) is 9.80 Å². The van der Waals surface area contributed by atoms with Crippen molar-refractivity contribution in [2.24, 2.45) is 5.41 Å². The molecule has 0 radical (unpaired) electrons. The van der Waals surface area contributed by atoms with Gasteiger partial charge in [-0.1, -0.05) is 24.3 Å². The predicted octanol–water partition coefficient (Wildman–Crippen LogP) is 5.60. The molecule has 2 fully saturated rings. The van der Waals surface area contributed by atoms with E-state index in [1.165, 1.54) is 89.1 Å². The van der Waals surface area contributed by atoms with Gasteiger partial charge in [-0.15, -0.1) is 0 Å². The highest BCUT2D eigenvalue weighted by Gasteiger charge is 2.64. The van der Waals surface area contributed by atoms with Crippen LogP contribution in [0.4, 0.5) is 0 Å². The average molecular weight is 393 g/mol. The molecule has 7 heterocycles. The molecule has 1 aliphatic carbocycles. The molecule has 6 bridgehead atoms. The van der Waals surface area contributed by atoms with Gasteiger partial charge in [0.2, 0.25) is 0 Å². The first-order valence-electron chi connectivity index (χ1n) is 12.3. The first-order chi connectivity index (χ1) is 14.4. The van der Waals surface area contributed by atoms with E-state index in [-0.39, 0.29) is 0 Å². The molecule has 29 heavy (non-hydrogen) atoms. The van der Waals surface area contributed by atoms with Crippen molar-refractivity contribution in [3.63, 3.8) is 0 Å². The predicted molar refractivity (Wildman–Crippen MR) is 117 cm³/mol. The van der Waals surface area contributed by atoms with Gasteiger partial charge in [0, 0.05) is 24.4 Å². The molecular weight excluding hydrogens is 356 g/mol. The Morgan fingerprint density at radius 2 is 1.79 bits per heavy atom. The normalized spacial score (nSPS) is 41.8. The van der Waals surface area contributed by atoms with Gasteiger partial charge in [0.25, 0.3) is 0 Å². The van der Waals surface area contributed by atoms with Gasteiger partial charge >= 0.3 is 0 Å². The lowest BCUT2D eigenvalue weighted by Crippen LogP contribution is -2.47. The summed E-state index contributed by atoms with van der Waals surface area (Å²) < 4.78 is 6.69. The Bertz CT molecular complexity index is 808. The summed E-state index contributed by atoms with van der Waals surface area (Å²) in [4.78, 5) is 5.66. The van der Waals surface area contributed by atoms with Crippen LogP contribution in [0.2, 0.25) is 0 Å². The fourth-order valence-electron chi connectivity index (χ4n) is 7.32. The zero-order valence-corrected chi connectivity index (χ0v) is 17.8. The summed E-state index contributed by atoms with van der Waals surface area (Å²) in [6.45, 7) is 5.07. The molecule has 7 aliphatic rings. The monoisotopic (exact) mass is 392 g/mol. The third-order valence-electron chi connectivity index (χ3n) is 8.52. The number of hydrogen-bond acceptors (Lipinski definition) is 3. The zero-order valence-electron chi connectivity index (χ0n) is 17.8. The minimum Gasteiger partial charge on any atom is -0.464 e. The van der Waals surface area contributed by atoms with Gasteiger partial charge in [0.05, 0.1) is 6.04 Å². The molecule has 0 amide bonds. The van der Waals surface area contributed by atoms with Gasteiger partial charge in [-0.25, -0.2) is 0 Å². The van der Waals surface area contributed by atoms with Crippen molar-refractivity contribution >= 4 is 0 Å². The van der Waals surface area contributed by atoms with E-state index in [9.17, 15) is 0 Å². The molecule has 2 saturated heterocycles. The summed E-state index contributed by atoms with van der Waals surface area (Å²) in [6, 6.07) is 3.59. The molecular formula is C26H36N2O. The van der Waals surface area contributed by atoms with Crippen LogP contribution < -0.4 is 0 Å². The van der Waals surface area contributed by atoms with Gasteiger partial charge < -0.3 is 9.32 Å². The summed E-state index contributed by atoms with van der Waals surface area (Å²) in [5, 5.41) is 0. The highest BCUT2D eigenvalue weighted by molar-refractivity contribution is 5.42. The lowest BCUT2D eigenvalue weighted by molar-refractivity contribution is 0.0364. The van der Waals surface area contributed by atoms with Crippen LogP contribution in [0, 0.1) is 5.41 Å². The van der Waals surface area contributed by atoms with Crippen molar-refractivity contribution in [2.45, 2.75) is 82.2 Å². The van der Waals surface area contributed by atoms with Crippen molar-refractivity contribution in [3.8, 4) is 0 Å². The van der Waals surface area contributed by atoms with Crippen LogP contribution in [-0.2, 0) is 6.42 Å². The van der Waals surface area contributed by atoms with E-state index in [0.29, 0.717) is 23.4 Å². The number of fused-ring (bicyclic) bond motifs is 2. The molecule has 3 nitrogen and oxygen atoms in total. The first-order valence-corrected chi connectivity index (χ1v) is 12.3. The van der Waals surface area contributed by atoms with Crippen molar-refractivity contribution < 1.29 is 4.42 Å². The molecule has 3 heteroatoms. The number of rotatable bonds is 0. The Morgan fingerprint density at radius 3 is 2.76 bits per heavy atom. The maximum atomic E-state index is 6.69. The number of allylic oxidation sites excluding steroid dienone is 3. The molecule has 5 atom stereocenters. The Labute approximate surface area is 175 Å². The molecule has 0 N–H and O–H groups in total. The maximum Gasteiger partial charge on any atom is 0.125 e. The second-order valence-electron chi connectivity index (χ2n) is 10.2. The molecule has 0 aromatic carbocycles. The van der Waals surface area contributed by atoms with Gasteiger partial charge in [0.15, 0.2) is 0 Å². The second-order valence-corrected chi connectivity index (χ2v) is 10.2. The molecule has 1 aromatic rings. The zero-order chi connectivity index (χ0) is 19.3. The second kappa shape index (κ2) is 7.42. The number of furan rings is 1. The van der Waals surface area contributed by atoms with E-state index in [1.54, 1.807) is 5.56 Å². The standard InChI is InChI=1S/C26H36N2O/c1-2-5-9-14-27-16-13-23-22-17-21(12-8-3-1)29-24(22)25-26(23,19-27)18-20-11-7-4-6-10-15-28(20)25/h1,3,7,11,17,20,23,25H,2,4-6,8-10,12-16,18-19H2/b3-1-,11-7-. The Kier molecular flexibility index (Phi) is 4.72. The van der Waals surface area contributed by atoms with E-state index < -0.39 is 0 Å². The van der Waals surface area contributed by atoms with Crippen molar-refractivity contribution in [2.75, 3.05) is 26.2 Å². The Hall–Kier alpha value is -1.32. The minimum absolute atomic E-state index is 0.378. The smallest absolute Gasteiger partial charge is 0.125 e. The first kappa shape index (κ1) is 18.4. The third-order valence-corrected chi connectivity index (χ3v) is 8.52. The molecule has 6 aliphatic heterocycles. The van der Waals surface area contributed by atoms with Gasteiger partial charge in [-0.05, 0) is 95.0 Å². The molecule has 0 saturated carbocycles. The summed E-state index contributed by atoms with van der Waals surface area (Å²) >= 11 is 0. The summed E-state index contributed by atoms with van der Waals surface area (Å²) in [5.74, 6) is 3.30. The molecule has 8 rings (SSSR count). The number of piperidine rings is 1. The number of nitrogens with zero attached hydrogens (tertiary/aromatic N) is 2. The molecule has 1 aromatic heterocycles. The van der Waals surface area contributed by atoms with E-state index >= 15 is 0 Å². The van der Waals surface area contributed by atoms with Gasteiger partial charge in [-0.2, -0.15) is 0 Å². The van der Waals surface area contributed by atoms with E-state index in [0.717, 1.165) is 12.8 Å². The van der Waals surface area contributed by atoms with Gasteiger partial charge in [-0.3, -0.25) is 4.90 Å². The summed E-state index contributed by atoms with van der Waals surface area (Å²) in [5.41, 5.74) is 1.97. The Morgan fingerprint density at radius 1 is 0.931 bits per heavy atom. The Balaban J connectivity index is 1.42. The van der Waals surface area contributed by atoms with Crippen LogP contribution in [0.1, 0.15) is 86.8 Å². The van der Waals surface area contributed by atoms with E-state index in [2.05, 4.69) is 40.2 Å². The minimum atomic E-state index is 0.378. The van der Waals surface area contributed by atoms with Crippen molar-refractivity contribution in [3.05, 3.63) is 47.5 Å². The fraction of sp³-hybridized carbons (Fsp3) is 0.692. The van der Waals surface area contributed by atoms with Crippen LogP contribution in [0.15, 0.2) is 34.8 Å². The maximum absolute atomic E-state index is 6.69. The summed E-state index contributed by atoms with van der Waals surface area (Å²) in [7, 11) is 0. The lowest BCUT2D eigenvalue weighted by atomic mass is 9.68. The van der Waals surface area contributed by atoms with Crippen LogP contribution in [0.25, 0.3) is 0 Å². The van der Waals surface area contributed by atoms with Crippen molar-refractivity contribution in [1.29, 1.82) is 0 Å². The largest absolute Gasteiger partial charge is 0.464 e. The van der Waals surface area contributed by atoms with Gasteiger partial charge in [0.1, 0.15) is 11.5 Å². The number of hydrogen-bond donors (Lipinski definition) is 0. The van der Waals surface area contributed by atoms with E-state index in [1.807, 2.05) is 0 Å². The topological polar surface area (TPSA) is 19.6 Å². The van der Waals surface area contributed by atoms with E-state index in [4.69, 9.17) is 4.42 Å². The third kappa shape index (κ3) is 2.99. The lowest BCUT2D eigenvalue weighted by Gasteiger charge is -2.45. The number of aryl methyl sites for hydroxylation is 1. The molecule has 156 valence electrons. The highest BCUT2D eigenvalue weighted by Crippen LogP contribution is 2.67. The van der Waals surface area contributed by atoms with Crippen LogP contribution in [0.5, 0.6) is 0 Å². The van der Waals surface area contributed by atoms with Crippen LogP contribution >= 0.6 is 0 Å².